The summed E-state index contributed by atoms with van der Waals surface area (Å²) < 4.78 is 28.6. The van der Waals surface area contributed by atoms with E-state index >= 15 is 0 Å². The van der Waals surface area contributed by atoms with Crippen molar-refractivity contribution in [2.45, 2.75) is 38.4 Å². The molecular weight excluding hydrogens is 176 g/mol. The topological polar surface area (TPSA) is 21.3 Å². The fourth-order valence-electron chi connectivity index (χ4n) is 1.65. The average molecular weight is 193 g/mol. The van der Waals surface area contributed by atoms with Gasteiger partial charge in [-0.25, -0.2) is 0 Å². The minimum atomic E-state index is -2.62. The molecule has 2 nitrogen and oxygen atoms in total. The highest BCUT2D eigenvalue weighted by molar-refractivity contribution is 4.78. The first-order valence-corrected chi connectivity index (χ1v) is 4.82. The van der Waals surface area contributed by atoms with Gasteiger partial charge in [-0.1, -0.05) is 6.42 Å². The molecule has 0 heterocycles. The Morgan fingerprint density at radius 2 is 2.15 bits per heavy atom. The highest BCUT2D eigenvalue weighted by Gasteiger charge is 2.29. The summed E-state index contributed by atoms with van der Waals surface area (Å²) in [5.74, 6) is 0.363. The first-order chi connectivity index (χ1) is 6.24. The minimum absolute atomic E-state index is 0.249. The number of alkyl halides is 2. The molecule has 0 radical (unpaired) electrons. The van der Waals surface area contributed by atoms with Gasteiger partial charge in [-0.05, 0) is 38.8 Å². The fourth-order valence-corrected chi connectivity index (χ4v) is 1.65. The molecule has 1 N–H and O–H groups in total. The molecule has 4 heteroatoms. The van der Waals surface area contributed by atoms with Crippen molar-refractivity contribution < 1.29 is 13.5 Å². The van der Waals surface area contributed by atoms with Crippen LogP contribution in [0, 0.1) is 5.92 Å². The number of nitrogens with one attached hydrogen (secondary N) is 1. The summed E-state index contributed by atoms with van der Waals surface area (Å²) in [5, 5.41) is 2.95. The molecule has 1 saturated carbocycles. The maximum Gasteiger partial charge on any atom is 0.345 e. The lowest BCUT2D eigenvalue weighted by Crippen LogP contribution is -2.33. The molecule has 0 aliphatic heterocycles. The third kappa shape index (κ3) is 3.56. The van der Waals surface area contributed by atoms with Gasteiger partial charge >= 0.3 is 6.61 Å². The van der Waals surface area contributed by atoms with Crippen LogP contribution in [0.2, 0.25) is 0 Å². The number of rotatable bonds is 6. The van der Waals surface area contributed by atoms with Crippen LogP contribution in [0.5, 0.6) is 0 Å². The maximum absolute atomic E-state index is 12.0. The van der Waals surface area contributed by atoms with Gasteiger partial charge in [-0.3, -0.25) is 0 Å². The molecule has 0 amide bonds. The zero-order valence-corrected chi connectivity index (χ0v) is 7.93. The van der Waals surface area contributed by atoms with Gasteiger partial charge in [0.1, 0.15) is 0 Å². The van der Waals surface area contributed by atoms with Crippen LogP contribution in [0.15, 0.2) is 0 Å². The summed E-state index contributed by atoms with van der Waals surface area (Å²) in [4.78, 5) is 0. The van der Waals surface area contributed by atoms with Crippen molar-refractivity contribution in [1.29, 1.82) is 0 Å². The standard InChI is InChI=1S/C9H17F2NO/c1-12-6-5-8(13-9(10)11)7-3-2-4-7/h7-9,12H,2-6H2,1H3. The van der Waals surface area contributed by atoms with Crippen LogP contribution in [0.25, 0.3) is 0 Å². The number of hydrogen-bond donors (Lipinski definition) is 1. The van der Waals surface area contributed by atoms with E-state index in [9.17, 15) is 8.78 Å². The lowest BCUT2D eigenvalue weighted by atomic mass is 9.80. The predicted molar refractivity (Wildman–Crippen MR) is 46.8 cm³/mol. The zero-order chi connectivity index (χ0) is 9.68. The molecule has 0 spiro atoms. The largest absolute Gasteiger partial charge is 0.345 e. The van der Waals surface area contributed by atoms with Gasteiger partial charge in [0.15, 0.2) is 0 Å². The molecule has 1 fully saturated rings. The van der Waals surface area contributed by atoms with E-state index in [0.717, 1.165) is 25.8 Å². The molecule has 0 aromatic carbocycles. The smallest absolute Gasteiger partial charge is 0.320 e. The van der Waals surface area contributed by atoms with Gasteiger partial charge in [-0.2, -0.15) is 8.78 Å². The van der Waals surface area contributed by atoms with Crippen LogP contribution in [0.3, 0.4) is 0 Å². The van der Waals surface area contributed by atoms with Gasteiger partial charge in [0.2, 0.25) is 0 Å². The molecule has 13 heavy (non-hydrogen) atoms. The van der Waals surface area contributed by atoms with E-state index in [-0.39, 0.29) is 6.10 Å². The summed E-state index contributed by atoms with van der Waals surface area (Å²) >= 11 is 0. The van der Waals surface area contributed by atoms with E-state index in [2.05, 4.69) is 10.1 Å². The van der Waals surface area contributed by atoms with E-state index in [0.29, 0.717) is 12.3 Å². The molecule has 1 aliphatic carbocycles. The molecule has 0 bridgehead atoms. The lowest BCUT2D eigenvalue weighted by Gasteiger charge is -2.33. The van der Waals surface area contributed by atoms with Crippen molar-refractivity contribution in [3.63, 3.8) is 0 Å². The Hall–Kier alpha value is -0.220. The SMILES string of the molecule is CNCCC(OC(F)F)C1CCC1. The van der Waals surface area contributed by atoms with Crippen LogP contribution >= 0.6 is 0 Å². The van der Waals surface area contributed by atoms with E-state index < -0.39 is 6.61 Å². The Labute approximate surface area is 77.6 Å². The number of ether oxygens (including phenoxy) is 1. The van der Waals surface area contributed by atoms with Crippen molar-refractivity contribution in [3.8, 4) is 0 Å². The second-order valence-corrected chi connectivity index (χ2v) is 3.52. The van der Waals surface area contributed by atoms with Crippen LogP contribution in [-0.2, 0) is 4.74 Å². The average Bonchev–Trinajstić information content (AvgIpc) is 1.95. The molecule has 1 aliphatic rings. The lowest BCUT2D eigenvalue weighted by molar-refractivity contribution is -0.184. The molecule has 1 rings (SSSR count). The van der Waals surface area contributed by atoms with Crippen LogP contribution in [-0.4, -0.2) is 26.3 Å². The highest BCUT2D eigenvalue weighted by atomic mass is 19.3. The van der Waals surface area contributed by atoms with Gasteiger partial charge in [-0.15, -0.1) is 0 Å². The second-order valence-electron chi connectivity index (χ2n) is 3.52. The predicted octanol–water partition coefficient (Wildman–Crippen LogP) is 2.00. The van der Waals surface area contributed by atoms with E-state index in [1.807, 2.05) is 7.05 Å². The van der Waals surface area contributed by atoms with Gasteiger partial charge < -0.3 is 10.1 Å². The van der Waals surface area contributed by atoms with E-state index in [4.69, 9.17) is 0 Å². The first kappa shape index (κ1) is 10.9. The summed E-state index contributed by atoms with van der Waals surface area (Å²) in [6.07, 6.45) is 3.68. The van der Waals surface area contributed by atoms with E-state index in [1.165, 1.54) is 0 Å². The third-order valence-electron chi connectivity index (χ3n) is 2.63. The summed E-state index contributed by atoms with van der Waals surface area (Å²) in [7, 11) is 1.82. The Balaban J connectivity index is 2.24. The summed E-state index contributed by atoms with van der Waals surface area (Å²) in [6.45, 7) is -1.88. The quantitative estimate of drug-likeness (QED) is 0.696. The van der Waals surface area contributed by atoms with Crippen LogP contribution in [0.1, 0.15) is 25.7 Å². The van der Waals surface area contributed by atoms with Crippen LogP contribution in [0.4, 0.5) is 8.78 Å². The Morgan fingerprint density at radius 3 is 2.54 bits per heavy atom. The molecule has 0 saturated heterocycles. The molecule has 0 aromatic rings. The molecule has 1 unspecified atom stereocenters. The molecule has 78 valence electrons. The normalized spacial score (nSPS) is 20.3. The molecule has 0 aromatic heterocycles. The zero-order valence-electron chi connectivity index (χ0n) is 7.93. The minimum Gasteiger partial charge on any atom is -0.320 e. The highest BCUT2D eigenvalue weighted by Crippen LogP contribution is 2.33. The van der Waals surface area contributed by atoms with Crippen molar-refractivity contribution in [1.82, 2.24) is 5.32 Å². The van der Waals surface area contributed by atoms with Gasteiger partial charge in [0.25, 0.3) is 0 Å². The Kier molecular flexibility index (Phi) is 4.59. The first-order valence-electron chi connectivity index (χ1n) is 4.82. The summed E-state index contributed by atoms with van der Waals surface area (Å²) in [6, 6.07) is 0. The van der Waals surface area contributed by atoms with Gasteiger partial charge in [0.05, 0.1) is 6.10 Å². The van der Waals surface area contributed by atoms with Crippen molar-refractivity contribution in [2.75, 3.05) is 13.6 Å². The third-order valence-corrected chi connectivity index (χ3v) is 2.63. The van der Waals surface area contributed by atoms with E-state index in [1.54, 1.807) is 0 Å². The van der Waals surface area contributed by atoms with Crippen LogP contribution < -0.4 is 5.32 Å². The number of halogens is 2. The summed E-state index contributed by atoms with van der Waals surface area (Å²) in [5.41, 5.74) is 0. The van der Waals surface area contributed by atoms with Crippen molar-refractivity contribution in [3.05, 3.63) is 0 Å². The monoisotopic (exact) mass is 193 g/mol. The number of hydrogen-bond acceptors (Lipinski definition) is 2. The van der Waals surface area contributed by atoms with Gasteiger partial charge in [0, 0.05) is 0 Å². The second kappa shape index (κ2) is 5.50. The maximum atomic E-state index is 12.0. The Morgan fingerprint density at radius 1 is 1.46 bits per heavy atom. The Bertz CT molecular complexity index is 140. The van der Waals surface area contributed by atoms with Crippen molar-refractivity contribution >= 4 is 0 Å². The molecule has 1 atom stereocenters. The van der Waals surface area contributed by atoms with Crippen molar-refractivity contribution in [2.24, 2.45) is 5.92 Å². The fraction of sp³-hybridized carbons (Fsp3) is 1.00. The molecular formula is C9H17F2NO.